The normalized spacial score (nSPS) is 16.0. The van der Waals surface area contributed by atoms with Crippen LogP contribution in [0.3, 0.4) is 0 Å². The van der Waals surface area contributed by atoms with Gasteiger partial charge in [0, 0.05) is 11.9 Å². The lowest BCUT2D eigenvalue weighted by molar-refractivity contribution is -0.116. The number of aryl methyl sites for hydroxylation is 1. The molecular weight excluding hydrogens is 302 g/mol. The lowest BCUT2D eigenvalue weighted by Gasteiger charge is -2.02. The molecule has 0 aliphatic carbocycles. The van der Waals surface area contributed by atoms with Crippen molar-refractivity contribution in [1.82, 2.24) is 10.4 Å². The molecule has 0 unspecified atom stereocenters. The first-order valence-electron chi connectivity index (χ1n) is 6.82. The number of benzene rings is 1. The Balaban J connectivity index is 1.73. The third-order valence-corrected chi connectivity index (χ3v) is 3.62. The first-order valence-corrected chi connectivity index (χ1v) is 7.20. The van der Waals surface area contributed by atoms with Crippen LogP contribution in [0.1, 0.15) is 17.7 Å². The van der Waals surface area contributed by atoms with E-state index in [4.69, 9.17) is 11.6 Å². The summed E-state index contributed by atoms with van der Waals surface area (Å²) in [6, 6.07) is 8.75. The minimum atomic E-state index is -0.216. The van der Waals surface area contributed by atoms with Gasteiger partial charge in [-0.15, -0.1) is 0 Å². The van der Waals surface area contributed by atoms with Crippen LogP contribution in [0.25, 0.3) is 6.08 Å². The van der Waals surface area contributed by atoms with Gasteiger partial charge in [0.25, 0.3) is 5.91 Å². The summed E-state index contributed by atoms with van der Waals surface area (Å²) >= 11 is 5.86. The maximum atomic E-state index is 11.9. The second-order valence-corrected chi connectivity index (χ2v) is 5.43. The predicted molar refractivity (Wildman–Crippen MR) is 85.8 cm³/mol. The van der Waals surface area contributed by atoms with Crippen molar-refractivity contribution in [2.75, 3.05) is 0 Å². The highest BCUT2D eigenvalue weighted by Crippen LogP contribution is 2.18. The number of rotatable bonds is 4. The number of phenolic OH excluding ortho intramolecular Hbond substituents is 1. The molecule has 3 N–H and O–H groups in total. The molecule has 0 bridgehead atoms. The Labute approximate surface area is 132 Å². The van der Waals surface area contributed by atoms with Crippen molar-refractivity contribution >= 4 is 29.3 Å². The van der Waals surface area contributed by atoms with Crippen molar-refractivity contribution < 1.29 is 9.90 Å². The summed E-state index contributed by atoms with van der Waals surface area (Å²) in [6.07, 6.45) is 4.76. The summed E-state index contributed by atoms with van der Waals surface area (Å²) < 4.78 is 0. The summed E-state index contributed by atoms with van der Waals surface area (Å²) in [5, 5.41) is 14.0. The van der Waals surface area contributed by atoms with Gasteiger partial charge in [0.05, 0.1) is 16.3 Å². The smallest absolute Gasteiger partial charge is 0.273 e. The Hall–Kier alpha value is -2.53. The topological polar surface area (TPSA) is 77.5 Å². The lowest BCUT2D eigenvalue weighted by atomic mass is 10.0. The Morgan fingerprint density at radius 1 is 1.23 bits per heavy atom. The fourth-order valence-electron chi connectivity index (χ4n) is 2.26. The highest BCUT2D eigenvalue weighted by atomic mass is 35.5. The first kappa shape index (κ1) is 14.4. The van der Waals surface area contributed by atoms with Gasteiger partial charge in [0.1, 0.15) is 5.75 Å². The molecule has 22 heavy (non-hydrogen) atoms. The molecule has 2 aromatic rings. The summed E-state index contributed by atoms with van der Waals surface area (Å²) in [5.74, 6) is 0.0226. The van der Waals surface area contributed by atoms with Crippen LogP contribution in [-0.2, 0) is 11.2 Å². The first-order chi connectivity index (χ1) is 10.6. The number of carbonyl (C=O) groups excluding carboxylic acids is 1. The molecule has 0 atom stereocenters. The summed E-state index contributed by atoms with van der Waals surface area (Å²) in [4.78, 5) is 14.9. The van der Waals surface area contributed by atoms with Crippen LogP contribution in [-0.4, -0.2) is 21.7 Å². The SMILES string of the molecule is O=C1NN=C(CCc2ccc(O)cc2)/C1=C\c1cc(Cl)c[nH]1. The summed E-state index contributed by atoms with van der Waals surface area (Å²) in [6.45, 7) is 0. The zero-order chi connectivity index (χ0) is 15.5. The molecule has 0 spiro atoms. The van der Waals surface area contributed by atoms with E-state index in [0.717, 1.165) is 17.7 Å². The van der Waals surface area contributed by atoms with Crippen LogP contribution in [0.15, 0.2) is 47.2 Å². The molecule has 1 aromatic carbocycles. The number of carbonyl (C=O) groups is 1. The number of hydrazone groups is 1. The van der Waals surface area contributed by atoms with E-state index in [0.29, 0.717) is 22.7 Å². The zero-order valence-electron chi connectivity index (χ0n) is 11.6. The Kier molecular flexibility index (Phi) is 3.98. The van der Waals surface area contributed by atoms with Crippen LogP contribution in [0.2, 0.25) is 5.02 Å². The number of amides is 1. The van der Waals surface area contributed by atoms with Gasteiger partial charge in [-0.3, -0.25) is 4.79 Å². The Morgan fingerprint density at radius 2 is 2.00 bits per heavy atom. The third kappa shape index (κ3) is 3.20. The molecule has 6 heteroatoms. The minimum absolute atomic E-state index is 0.216. The van der Waals surface area contributed by atoms with Gasteiger partial charge in [-0.25, -0.2) is 5.43 Å². The molecule has 1 aliphatic rings. The largest absolute Gasteiger partial charge is 0.508 e. The maximum Gasteiger partial charge on any atom is 0.273 e. The molecule has 2 heterocycles. The highest BCUT2D eigenvalue weighted by molar-refractivity contribution is 6.31. The zero-order valence-corrected chi connectivity index (χ0v) is 12.4. The number of nitrogens with one attached hydrogen (secondary N) is 2. The molecule has 0 fully saturated rings. The number of aromatic amines is 1. The van der Waals surface area contributed by atoms with E-state index in [2.05, 4.69) is 15.5 Å². The van der Waals surface area contributed by atoms with Gasteiger partial charge in [-0.1, -0.05) is 23.7 Å². The van der Waals surface area contributed by atoms with Gasteiger partial charge < -0.3 is 10.1 Å². The molecule has 0 radical (unpaired) electrons. The second kappa shape index (κ2) is 6.07. The number of aromatic hydroxyl groups is 1. The summed E-state index contributed by atoms with van der Waals surface area (Å²) in [7, 11) is 0. The number of phenols is 1. The van der Waals surface area contributed by atoms with Crippen LogP contribution in [0, 0.1) is 0 Å². The molecule has 1 aliphatic heterocycles. The third-order valence-electron chi connectivity index (χ3n) is 3.40. The van der Waals surface area contributed by atoms with Crippen molar-refractivity contribution in [3.8, 4) is 5.75 Å². The van der Waals surface area contributed by atoms with Gasteiger partial charge in [-0.2, -0.15) is 5.10 Å². The molecule has 0 saturated carbocycles. The fraction of sp³-hybridized carbons (Fsp3) is 0.125. The van der Waals surface area contributed by atoms with Crippen molar-refractivity contribution in [2.24, 2.45) is 5.10 Å². The van der Waals surface area contributed by atoms with E-state index >= 15 is 0 Å². The minimum Gasteiger partial charge on any atom is -0.508 e. The summed E-state index contributed by atoms with van der Waals surface area (Å²) in [5.41, 5.74) is 5.57. The van der Waals surface area contributed by atoms with Gasteiger partial charge in [-0.05, 0) is 42.7 Å². The molecular formula is C16H14ClN3O2. The van der Waals surface area contributed by atoms with Gasteiger partial charge >= 0.3 is 0 Å². The number of hydrogen-bond donors (Lipinski definition) is 3. The average molecular weight is 316 g/mol. The van der Waals surface area contributed by atoms with Crippen molar-refractivity contribution in [2.45, 2.75) is 12.8 Å². The van der Waals surface area contributed by atoms with E-state index in [1.807, 2.05) is 12.1 Å². The van der Waals surface area contributed by atoms with Crippen molar-refractivity contribution in [3.05, 3.63) is 58.4 Å². The predicted octanol–water partition coefficient (Wildman–Crippen LogP) is 2.88. The maximum absolute atomic E-state index is 11.9. The van der Waals surface area contributed by atoms with Crippen molar-refractivity contribution in [1.29, 1.82) is 0 Å². The van der Waals surface area contributed by atoms with Crippen LogP contribution < -0.4 is 5.43 Å². The van der Waals surface area contributed by atoms with Gasteiger partial charge in [0.15, 0.2) is 0 Å². The fourth-order valence-corrected chi connectivity index (χ4v) is 2.43. The monoisotopic (exact) mass is 315 g/mol. The van der Waals surface area contributed by atoms with Gasteiger partial charge in [0.2, 0.25) is 0 Å². The molecule has 5 nitrogen and oxygen atoms in total. The highest BCUT2D eigenvalue weighted by Gasteiger charge is 2.22. The number of hydrogen-bond acceptors (Lipinski definition) is 3. The molecule has 1 aromatic heterocycles. The molecule has 3 rings (SSSR count). The standard InChI is InChI=1S/C16H14ClN3O2/c17-11-7-12(18-9-11)8-14-15(19-20-16(14)22)6-3-10-1-4-13(21)5-2-10/h1-2,4-5,7-9,18,21H,3,6H2,(H,20,22)/b14-8+. The van der Waals surface area contributed by atoms with Crippen molar-refractivity contribution in [3.63, 3.8) is 0 Å². The quantitative estimate of drug-likeness (QED) is 0.759. The number of halogens is 1. The van der Waals surface area contributed by atoms with E-state index < -0.39 is 0 Å². The molecule has 0 saturated heterocycles. The van der Waals surface area contributed by atoms with Crippen LogP contribution in [0.4, 0.5) is 0 Å². The van der Waals surface area contributed by atoms with Crippen LogP contribution >= 0.6 is 11.6 Å². The number of H-pyrrole nitrogens is 1. The lowest BCUT2D eigenvalue weighted by Crippen LogP contribution is -2.13. The number of nitrogens with zero attached hydrogens (tertiary/aromatic N) is 1. The Morgan fingerprint density at radius 3 is 2.68 bits per heavy atom. The second-order valence-electron chi connectivity index (χ2n) is 5.00. The molecule has 112 valence electrons. The average Bonchev–Trinajstić information content (AvgIpc) is 3.06. The molecule has 1 amide bonds. The van der Waals surface area contributed by atoms with E-state index in [9.17, 15) is 9.90 Å². The van der Waals surface area contributed by atoms with Crippen LogP contribution in [0.5, 0.6) is 5.75 Å². The number of aromatic nitrogens is 1. The van der Waals surface area contributed by atoms with E-state index in [1.54, 1.807) is 30.5 Å². The van der Waals surface area contributed by atoms with E-state index in [-0.39, 0.29) is 11.7 Å². The van der Waals surface area contributed by atoms with E-state index in [1.165, 1.54) is 0 Å². The Bertz CT molecular complexity index is 760.